The molecule has 0 heterocycles. The third-order valence-corrected chi connectivity index (χ3v) is 12.2. The van der Waals surface area contributed by atoms with E-state index >= 15 is 0 Å². The monoisotopic (exact) mass is 508 g/mol. The fourth-order valence-electron chi connectivity index (χ4n) is 8.27. The largest absolute Gasteiger partial charge is 0.461 e. The number of hydrogen-bond donors (Lipinski definition) is 3. The summed E-state index contributed by atoms with van der Waals surface area (Å²) in [4.78, 5) is 26.7. The second kappa shape index (κ2) is 9.77. The zero-order valence-electron chi connectivity index (χ0n) is 22.0. The topological polar surface area (TPSA) is 111 Å². The minimum Gasteiger partial charge on any atom is -0.461 e. The van der Waals surface area contributed by atoms with Gasteiger partial charge in [0, 0.05) is 41.3 Å². The molecule has 5 N–H and O–H groups in total. The number of carbonyl (C=O) groups is 2. The lowest BCUT2D eigenvalue weighted by atomic mass is 9.44. The van der Waals surface area contributed by atoms with E-state index < -0.39 is 29.1 Å². The first-order valence-corrected chi connectivity index (χ1v) is 14.6. The van der Waals surface area contributed by atoms with E-state index in [9.17, 15) is 19.8 Å². The van der Waals surface area contributed by atoms with Crippen LogP contribution in [0.1, 0.15) is 79.1 Å². The van der Waals surface area contributed by atoms with Crippen LogP contribution < -0.4 is 5.73 Å². The molecule has 198 valence electrons. The summed E-state index contributed by atoms with van der Waals surface area (Å²) in [6.07, 6.45) is 6.40. The molecule has 2 bridgehead atoms. The van der Waals surface area contributed by atoms with Gasteiger partial charge in [0.15, 0.2) is 0 Å². The molecule has 0 aromatic heterocycles. The summed E-state index contributed by atoms with van der Waals surface area (Å²) in [7, 11) is 0. The molecule has 0 aromatic rings. The maximum Gasteiger partial charge on any atom is 0.316 e. The molecule has 4 saturated carbocycles. The Balaban J connectivity index is 1.62. The van der Waals surface area contributed by atoms with Gasteiger partial charge >= 0.3 is 5.97 Å². The van der Waals surface area contributed by atoms with Crippen molar-refractivity contribution in [2.45, 2.75) is 109 Å². The van der Waals surface area contributed by atoms with Crippen LogP contribution in [0.15, 0.2) is 12.7 Å². The molecule has 35 heavy (non-hydrogen) atoms. The van der Waals surface area contributed by atoms with Gasteiger partial charge in [0.05, 0.1) is 24.0 Å². The van der Waals surface area contributed by atoms with Gasteiger partial charge in [-0.3, -0.25) is 9.59 Å². The van der Waals surface area contributed by atoms with Gasteiger partial charge in [0.25, 0.3) is 0 Å². The van der Waals surface area contributed by atoms with Gasteiger partial charge in [-0.15, -0.1) is 18.3 Å². The number of aliphatic hydroxyl groups excluding tert-OH is 2. The van der Waals surface area contributed by atoms with Crippen molar-refractivity contribution in [3.05, 3.63) is 12.7 Å². The van der Waals surface area contributed by atoms with Crippen molar-refractivity contribution >= 4 is 23.5 Å². The van der Waals surface area contributed by atoms with Crippen LogP contribution in [0.5, 0.6) is 0 Å². The summed E-state index contributed by atoms with van der Waals surface area (Å²) in [5.41, 5.74) is 2.69. The molecule has 4 aliphatic carbocycles. The van der Waals surface area contributed by atoms with E-state index in [1.165, 1.54) is 11.8 Å². The minimum atomic E-state index is -0.657. The third kappa shape index (κ3) is 4.42. The average Bonchev–Trinajstić information content (AvgIpc) is 3.17. The van der Waals surface area contributed by atoms with E-state index in [1.54, 1.807) is 0 Å². The van der Waals surface area contributed by atoms with Crippen molar-refractivity contribution in [1.29, 1.82) is 0 Å². The fourth-order valence-corrected chi connectivity index (χ4v) is 9.32. The lowest BCUT2D eigenvalue weighted by Crippen LogP contribution is -2.64. The molecule has 4 aliphatic rings. The standard InChI is InChI=1S/C28H45NO5S/c1-6-26(4)14-22(34-23(32)15-35-21-8-7-18(29)13-20(21)31)27(5)16(2)9-11-28(17(3)25(26)33)12-10-19(30)24(27)28/h6,16-18,20-22,24-25,31,33H,1,7-15,29H2,2-5H3/p+1/t16?,17-,18+,20+,21+,22+,24-,25-,26+,27-,28-/m0/s1. The first kappa shape index (κ1) is 27.2. The van der Waals surface area contributed by atoms with Crippen LogP contribution in [-0.4, -0.2) is 57.3 Å². The fraction of sp³-hybridized carbons (Fsp3) is 0.857. The number of aliphatic hydroxyl groups is 2. The molecular formula is C28H46NO5S+. The second-order valence-corrected chi connectivity index (χ2v) is 13.9. The highest BCUT2D eigenvalue weighted by Crippen LogP contribution is 2.68. The van der Waals surface area contributed by atoms with E-state index in [2.05, 4.69) is 33.1 Å². The van der Waals surface area contributed by atoms with Gasteiger partial charge in [0.2, 0.25) is 0 Å². The summed E-state index contributed by atoms with van der Waals surface area (Å²) in [5, 5.41) is 22.1. The van der Waals surface area contributed by atoms with Crippen molar-refractivity contribution in [3.8, 4) is 0 Å². The number of esters is 1. The number of quaternary nitrogens is 1. The van der Waals surface area contributed by atoms with Crippen LogP contribution >= 0.6 is 11.8 Å². The van der Waals surface area contributed by atoms with Gasteiger partial charge in [-0.1, -0.05) is 33.8 Å². The van der Waals surface area contributed by atoms with Gasteiger partial charge in [-0.25, -0.2) is 0 Å². The van der Waals surface area contributed by atoms with Crippen molar-refractivity contribution in [3.63, 3.8) is 0 Å². The molecule has 0 radical (unpaired) electrons. The van der Waals surface area contributed by atoms with E-state index in [1.807, 2.05) is 13.0 Å². The summed E-state index contributed by atoms with van der Waals surface area (Å²) < 4.78 is 6.30. The van der Waals surface area contributed by atoms with E-state index in [0.717, 1.165) is 32.1 Å². The quantitative estimate of drug-likeness (QED) is 0.389. The van der Waals surface area contributed by atoms with Gasteiger partial charge < -0.3 is 20.7 Å². The normalized spacial score (nSPS) is 50.1. The molecule has 1 unspecified atom stereocenters. The number of thioether (sulfide) groups is 1. The Hall–Kier alpha value is -0.890. The van der Waals surface area contributed by atoms with E-state index in [-0.39, 0.29) is 52.0 Å². The van der Waals surface area contributed by atoms with Crippen LogP contribution in [0.3, 0.4) is 0 Å². The van der Waals surface area contributed by atoms with E-state index in [0.29, 0.717) is 19.3 Å². The molecule has 4 fully saturated rings. The molecule has 0 saturated heterocycles. The zero-order valence-corrected chi connectivity index (χ0v) is 22.8. The lowest BCUT2D eigenvalue weighted by molar-refractivity contribution is -0.428. The molecule has 0 aliphatic heterocycles. The number of rotatable bonds is 5. The number of carbonyl (C=O) groups excluding carboxylic acids is 2. The van der Waals surface area contributed by atoms with Crippen molar-refractivity contribution in [1.82, 2.24) is 0 Å². The predicted octanol–water partition coefficient (Wildman–Crippen LogP) is 3.15. The SMILES string of the molecule is C=C[C@]1(C)C[C@@H](OC(=O)CS[C@@H]2CC[C@@H]([NH3+])C[C@H]2O)[C@]2(C)C(C)CC[C@]3(CCC(=O)[C@H]32)[C@@H](C)[C@@H]1O. The Bertz CT molecular complexity index is 851. The molecule has 0 spiro atoms. The molecule has 0 aromatic carbocycles. The number of hydrogen-bond acceptors (Lipinski definition) is 6. The summed E-state index contributed by atoms with van der Waals surface area (Å²) in [6, 6.07) is 0.270. The van der Waals surface area contributed by atoms with Crippen LogP contribution in [0.2, 0.25) is 0 Å². The zero-order chi connectivity index (χ0) is 25.8. The van der Waals surface area contributed by atoms with Crippen LogP contribution in [0.4, 0.5) is 0 Å². The predicted molar refractivity (Wildman–Crippen MR) is 137 cm³/mol. The van der Waals surface area contributed by atoms with Crippen molar-refractivity contribution in [2.75, 3.05) is 5.75 Å². The van der Waals surface area contributed by atoms with Gasteiger partial charge in [0.1, 0.15) is 11.9 Å². The number of ether oxygens (including phenoxy) is 1. The highest BCUT2D eigenvalue weighted by atomic mass is 32.2. The van der Waals surface area contributed by atoms with Crippen LogP contribution in [0, 0.1) is 34.0 Å². The van der Waals surface area contributed by atoms with Gasteiger partial charge in [-0.2, -0.15) is 0 Å². The highest BCUT2D eigenvalue weighted by Gasteiger charge is 2.68. The van der Waals surface area contributed by atoms with E-state index in [4.69, 9.17) is 4.74 Å². The molecule has 4 rings (SSSR count). The molecular weight excluding hydrogens is 462 g/mol. The Morgan fingerprint density at radius 2 is 1.94 bits per heavy atom. The minimum absolute atomic E-state index is 0.0206. The summed E-state index contributed by atoms with van der Waals surface area (Å²) in [6.45, 7) is 12.6. The molecule has 11 atom stereocenters. The first-order valence-electron chi connectivity index (χ1n) is 13.6. The highest BCUT2D eigenvalue weighted by molar-refractivity contribution is 8.00. The lowest BCUT2D eigenvalue weighted by Gasteiger charge is -2.61. The van der Waals surface area contributed by atoms with Crippen molar-refractivity contribution in [2.24, 2.45) is 34.0 Å². The van der Waals surface area contributed by atoms with Gasteiger partial charge in [-0.05, 0) is 49.4 Å². The van der Waals surface area contributed by atoms with Crippen molar-refractivity contribution < 1.29 is 30.3 Å². The van der Waals surface area contributed by atoms with Crippen LogP contribution in [0.25, 0.3) is 0 Å². The van der Waals surface area contributed by atoms with Crippen LogP contribution in [-0.2, 0) is 14.3 Å². The first-order chi connectivity index (χ1) is 16.4. The molecule has 6 nitrogen and oxygen atoms in total. The average molecular weight is 509 g/mol. The Morgan fingerprint density at radius 1 is 1.23 bits per heavy atom. The summed E-state index contributed by atoms with van der Waals surface area (Å²) in [5.74, 6) is 0.122. The Kier molecular flexibility index (Phi) is 7.58. The number of ketones is 1. The Morgan fingerprint density at radius 3 is 2.60 bits per heavy atom. The summed E-state index contributed by atoms with van der Waals surface area (Å²) >= 11 is 1.47. The third-order valence-electron chi connectivity index (χ3n) is 10.9. The maximum atomic E-state index is 13.5. The number of Topliss-reactive ketones (excluding diaryl/α,β-unsaturated/α-hetero) is 1. The Labute approximate surface area is 214 Å². The molecule has 7 heteroatoms. The maximum absolute atomic E-state index is 13.5. The second-order valence-electron chi connectivity index (χ2n) is 12.7. The molecule has 0 amide bonds. The smallest absolute Gasteiger partial charge is 0.316 e.